The molecule has 1 amide bonds. The van der Waals surface area contributed by atoms with Crippen molar-refractivity contribution in [2.24, 2.45) is 0 Å². The van der Waals surface area contributed by atoms with E-state index in [9.17, 15) is 4.79 Å². The number of aryl methyl sites for hydroxylation is 1. The minimum Gasteiger partial charge on any atom is -0.349 e. The highest BCUT2D eigenvalue weighted by atomic mass is 16.2. The average molecular weight is 248 g/mol. The number of amides is 1. The van der Waals surface area contributed by atoms with Gasteiger partial charge in [-0.05, 0) is 32.4 Å². The predicted octanol–water partition coefficient (Wildman–Crippen LogP) is 0.933. The lowest BCUT2D eigenvalue weighted by atomic mass is 10.1. The fourth-order valence-corrected chi connectivity index (χ4v) is 2.16. The molecule has 18 heavy (non-hydrogen) atoms. The van der Waals surface area contributed by atoms with Gasteiger partial charge in [0, 0.05) is 6.20 Å². The fraction of sp³-hybridized carbons (Fsp3) is 0.615. The summed E-state index contributed by atoms with van der Waals surface area (Å²) in [7, 11) is 0. The van der Waals surface area contributed by atoms with Crippen molar-refractivity contribution in [1.82, 2.24) is 20.6 Å². The Labute approximate surface area is 107 Å². The Morgan fingerprint density at radius 2 is 2.39 bits per heavy atom. The molecule has 0 saturated carbocycles. The van der Waals surface area contributed by atoms with Crippen molar-refractivity contribution in [3.05, 3.63) is 23.8 Å². The monoisotopic (exact) mass is 248 g/mol. The summed E-state index contributed by atoms with van der Waals surface area (Å²) in [6, 6.07) is 1.78. The van der Waals surface area contributed by atoms with Crippen LogP contribution in [0.1, 0.15) is 37.2 Å². The van der Waals surface area contributed by atoms with E-state index >= 15 is 0 Å². The maximum absolute atomic E-state index is 12.0. The van der Waals surface area contributed by atoms with Gasteiger partial charge in [-0.1, -0.05) is 12.8 Å². The second-order valence-electron chi connectivity index (χ2n) is 4.67. The van der Waals surface area contributed by atoms with Gasteiger partial charge in [0.2, 0.25) is 5.91 Å². The summed E-state index contributed by atoms with van der Waals surface area (Å²) < 4.78 is 0. The average Bonchev–Trinajstić information content (AvgIpc) is 2.65. The Morgan fingerprint density at radius 3 is 3.22 bits per heavy atom. The van der Waals surface area contributed by atoms with Crippen LogP contribution in [0, 0.1) is 6.92 Å². The molecule has 0 bridgehead atoms. The Morgan fingerprint density at radius 1 is 1.50 bits per heavy atom. The van der Waals surface area contributed by atoms with Crippen LogP contribution in [0.4, 0.5) is 0 Å². The molecule has 0 aromatic carbocycles. The zero-order valence-electron chi connectivity index (χ0n) is 10.8. The minimum absolute atomic E-state index is 0.0459. The summed E-state index contributed by atoms with van der Waals surface area (Å²) in [4.78, 5) is 20.3. The normalized spacial score (nSPS) is 20.2. The van der Waals surface area contributed by atoms with Crippen molar-refractivity contribution in [2.75, 3.05) is 6.54 Å². The van der Waals surface area contributed by atoms with Gasteiger partial charge < -0.3 is 10.6 Å². The Bertz CT molecular complexity index is 400. The quantitative estimate of drug-likeness (QED) is 0.835. The number of nitrogens with zero attached hydrogens (tertiary/aromatic N) is 2. The van der Waals surface area contributed by atoms with Gasteiger partial charge in [0.1, 0.15) is 5.82 Å². The van der Waals surface area contributed by atoms with E-state index in [-0.39, 0.29) is 11.9 Å². The van der Waals surface area contributed by atoms with Crippen molar-refractivity contribution in [3.63, 3.8) is 0 Å². The van der Waals surface area contributed by atoms with E-state index in [2.05, 4.69) is 20.6 Å². The topological polar surface area (TPSA) is 66.9 Å². The molecule has 1 aliphatic heterocycles. The first-order chi connectivity index (χ1) is 8.75. The zero-order valence-corrected chi connectivity index (χ0v) is 10.8. The lowest BCUT2D eigenvalue weighted by molar-refractivity contribution is -0.123. The summed E-state index contributed by atoms with van der Waals surface area (Å²) in [6.45, 7) is 3.25. The smallest absolute Gasteiger partial charge is 0.237 e. The summed E-state index contributed by atoms with van der Waals surface area (Å²) in [6.07, 6.45) is 6.14. The number of nitrogens with one attached hydrogen (secondary N) is 2. The summed E-state index contributed by atoms with van der Waals surface area (Å²) in [5, 5.41) is 6.22. The number of carbonyl (C=O) groups excluding carboxylic acids is 1. The van der Waals surface area contributed by atoms with Crippen molar-refractivity contribution in [1.29, 1.82) is 0 Å². The largest absolute Gasteiger partial charge is 0.349 e. The molecule has 1 atom stereocenters. The molecule has 1 aliphatic rings. The molecule has 0 aliphatic carbocycles. The van der Waals surface area contributed by atoms with Crippen LogP contribution in [-0.4, -0.2) is 28.5 Å². The molecule has 5 nitrogen and oxygen atoms in total. The molecular formula is C13H20N4O. The van der Waals surface area contributed by atoms with Crippen LogP contribution in [0.5, 0.6) is 0 Å². The first kappa shape index (κ1) is 13.0. The lowest BCUT2D eigenvalue weighted by Crippen LogP contribution is -2.43. The Kier molecular flexibility index (Phi) is 4.64. The highest BCUT2D eigenvalue weighted by Gasteiger charge is 2.18. The lowest BCUT2D eigenvalue weighted by Gasteiger charge is -2.15. The molecule has 1 aromatic rings. The maximum Gasteiger partial charge on any atom is 0.237 e. The van der Waals surface area contributed by atoms with Crippen LogP contribution < -0.4 is 10.6 Å². The number of aromatic nitrogens is 2. The first-order valence-electron chi connectivity index (χ1n) is 6.55. The van der Waals surface area contributed by atoms with Gasteiger partial charge in [0.15, 0.2) is 0 Å². The van der Waals surface area contributed by atoms with Crippen LogP contribution >= 0.6 is 0 Å². The van der Waals surface area contributed by atoms with Gasteiger partial charge in [-0.2, -0.15) is 0 Å². The second-order valence-corrected chi connectivity index (χ2v) is 4.67. The zero-order chi connectivity index (χ0) is 12.8. The van der Waals surface area contributed by atoms with E-state index in [4.69, 9.17) is 0 Å². The first-order valence-corrected chi connectivity index (χ1v) is 6.55. The van der Waals surface area contributed by atoms with E-state index in [1.165, 1.54) is 6.42 Å². The third kappa shape index (κ3) is 3.77. The molecule has 2 N–H and O–H groups in total. The molecule has 2 rings (SSSR count). The molecule has 1 unspecified atom stereocenters. The van der Waals surface area contributed by atoms with Gasteiger partial charge in [-0.25, -0.2) is 9.97 Å². The second kappa shape index (κ2) is 6.44. The highest BCUT2D eigenvalue weighted by Crippen LogP contribution is 2.08. The third-order valence-corrected chi connectivity index (χ3v) is 3.15. The Hall–Kier alpha value is -1.49. The van der Waals surface area contributed by atoms with Crippen molar-refractivity contribution >= 4 is 5.91 Å². The summed E-state index contributed by atoms with van der Waals surface area (Å²) >= 11 is 0. The molecule has 1 saturated heterocycles. The number of rotatable bonds is 3. The molecule has 1 aromatic heterocycles. The van der Waals surface area contributed by atoms with Crippen LogP contribution in [0.15, 0.2) is 12.3 Å². The van der Waals surface area contributed by atoms with Gasteiger partial charge in [-0.3, -0.25) is 4.79 Å². The van der Waals surface area contributed by atoms with E-state index in [0.29, 0.717) is 6.54 Å². The molecule has 0 radical (unpaired) electrons. The standard InChI is InChI=1S/C13H20N4O/c1-10-14-8-6-11(17-10)9-16-13(18)12-5-3-2-4-7-15-12/h6,8,12,15H,2-5,7,9H2,1H3,(H,16,18). The summed E-state index contributed by atoms with van der Waals surface area (Å²) in [5.74, 6) is 0.808. The van der Waals surface area contributed by atoms with Crippen LogP contribution in [-0.2, 0) is 11.3 Å². The number of hydrogen-bond donors (Lipinski definition) is 2. The van der Waals surface area contributed by atoms with Crippen molar-refractivity contribution in [2.45, 2.75) is 45.2 Å². The molecule has 98 valence electrons. The molecular weight excluding hydrogens is 228 g/mol. The SMILES string of the molecule is Cc1nccc(CNC(=O)C2CCCCCN2)n1. The van der Waals surface area contributed by atoms with E-state index < -0.39 is 0 Å². The predicted molar refractivity (Wildman–Crippen MR) is 68.9 cm³/mol. The van der Waals surface area contributed by atoms with E-state index in [1.807, 2.05) is 13.0 Å². The number of hydrogen-bond acceptors (Lipinski definition) is 4. The van der Waals surface area contributed by atoms with Gasteiger partial charge in [0.25, 0.3) is 0 Å². The molecule has 0 spiro atoms. The Balaban J connectivity index is 1.83. The minimum atomic E-state index is -0.0459. The van der Waals surface area contributed by atoms with Crippen LogP contribution in [0.3, 0.4) is 0 Å². The van der Waals surface area contributed by atoms with Crippen molar-refractivity contribution < 1.29 is 4.79 Å². The van der Waals surface area contributed by atoms with Gasteiger partial charge >= 0.3 is 0 Å². The highest BCUT2D eigenvalue weighted by molar-refractivity contribution is 5.81. The van der Waals surface area contributed by atoms with Crippen LogP contribution in [0.2, 0.25) is 0 Å². The molecule has 1 fully saturated rings. The third-order valence-electron chi connectivity index (χ3n) is 3.15. The van der Waals surface area contributed by atoms with Gasteiger partial charge in [-0.15, -0.1) is 0 Å². The van der Waals surface area contributed by atoms with E-state index in [1.54, 1.807) is 6.20 Å². The summed E-state index contributed by atoms with van der Waals surface area (Å²) in [5.41, 5.74) is 0.851. The molecule has 2 heterocycles. The van der Waals surface area contributed by atoms with E-state index in [0.717, 1.165) is 37.3 Å². The van der Waals surface area contributed by atoms with Crippen molar-refractivity contribution in [3.8, 4) is 0 Å². The number of carbonyl (C=O) groups is 1. The fourth-order valence-electron chi connectivity index (χ4n) is 2.16. The van der Waals surface area contributed by atoms with Gasteiger partial charge in [0.05, 0.1) is 18.3 Å². The van der Waals surface area contributed by atoms with Crippen LogP contribution in [0.25, 0.3) is 0 Å². The molecule has 5 heteroatoms. The maximum atomic E-state index is 12.0.